The van der Waals surface area contributed by atoms with Crippen molar-refractivity contribution in [2.75, 3.05) is 13.1 Å². The van der Waals surface area contributed by atoms with Gasteiger partial charge in [-0.15, -0.1) is 0 Å². The maximum atomic E-state index is 12.9. The highest BCUT2D eigenvalue weighted by molar-refractivity contribution is 5.95. The Morgan fingerprint density at radius 3 is 1.96 bits per heavy atom. The molecule has 144 valence electrons. The zero-order chi connectivity index (χ0) is 19.9. The second kappa shape index (κ2) is 6.48. The largest absolute Gasteiger partial charge is 0.481 e. The minimum Gasteiger partial charge on any atom is -0.481 e. The molecule has 0 radical (unpaired) electrons. The Kier molecular flexibility index (Phi) is 5.00. The van der Waals surface area contributed by atoms with E-state index in [-0.39, 0.29) is 32.0 Å². The number of benzene rings is 1. The van der Waals surface area contributed by atoms with E-state index in [1.165, 1.54) is 6.92 Å². The third-order valence-corrected chi connectivity index (χ3v) is 4.33. The molecule has 1 atom stereocenters. The highest BCUT2D eigenvalue weighted by Crippen LogP contribution is 2.37. The number of amides is 1. The fourth-order valence-electron chi connectivity index (χ4n) is 2.85. The maximum Gasteiger partial charge on any atom is 0.416 e. The van der Waals surface area contributed by atoms with Gasteiger partial charge in [-0.3, -0.25) is 9.59 Å². The second-order valence-electron chi connectivity index (χ2n) is 6.49. The molecule has 0 saturated carbocycles. The molecule has 26 heavy (non-hydrogen) atoms. The number of rotatable bonds is 2. The van der Waals surface area contributed by atoms with Gasteiger partial charge in [-0.05, 0) is 38.0 Å². The van der Waals surface area contributed by atoms with Crippen LogP contribution in [0, 0.1) is 5.41 Å². The number of carbonyl (C=O) groups is 2. The Morgan fingerprint density at radius 1 is 1.04 bits per heavy atom. The first-order valence-electron chi connectivity index (χ1n) is 7.56. The summed E-state index contributed by atoms with van der Waals surface area (Å²) < 4.78 is 77.4. The van der Waals surface area contributed by atoms with Crippen molar-refractivity contribution in [2.45, 2.75) is 32.1 Å². The molecule has 0 bridgehead atoms. The van der Waals surface area contributed by atoms with Crippen molar-refractivity contribution < 1.29 is 41.0 Å². The molecular formula is C16H15F6NO3. The predicted octanol–water partition coefficient (Wildman–Crippen LogP) is 4.05. The van der Waals surface area contributed by atoms with E-state index >= 15 is 0 Å². The van der Waals surface area contributed by atoms with Crippen LogP contribution < -0.4 is 0 Å². The highest BCUT2D eigenvalue weighted by atomic mass is 19.4. The van der Waals surface area contributed by atoms with Crippen LogP contribution in [-0.2, 0) is 17.1 Å². The minimum atomic E-state index is -5.06. The van der Waals surface area contributed by atoms with E-state index in [0.29, 0.717) is 12.1 Å². The molecule has 1 aromatic rings. The summed E-state index contributed by atoms with van der Waals surface area (Å²) in [5.41, 5.74) is -5.26. The number of carboxylic acids is 1. The smallest absolute Gasteiger partial charge is 0.416 e. The number of carbonyl (C=O) groups excluding carboxylic acids is 1. The molecule has 1 fully saturated rings. The topological polar surface area (TPSA) is 57.6 Å². The summed E-state index contributed by atoms with van der Waals surface area (Å²) in [4.78, 5) is 24.8. The Morgan fingerprint density at radius 2 is 1.54 bits per heavy atom. The third-order valence-electron chi connectivity index (χ3n) is 4.33. The number of likely N-dealkylation sites (tertiary alicyclic amines) is 1. The van der Waals surface area contributed by atoms with Crippen LogP contribution in [-0.4, -0.2) is 35.0 Å². The normalized spacial score (nSPS) is 21.6. The van der Waals surface area contributed by atoms with Gasteiger partial charge < -0.3 is 10.0 Å². The Bertz CT molecular complexity index is 695. The average molecular weight is 383 g/mol. The van der Waals surface area contributed by atoms with Crippen LogP contribution in [0.15, 0.2) is 18.2 Å². The van der Waals surface area contributed by atoms with Gasteiger partial charge in [-0.2, -0.15) is 26.3 Å². The molecule has 10 heteroatoms. The molecule has 1 heterocycles. The van der Waals surface area contributed by atoms with Crippen LogP contribution in [0.1, 0.15) is 41.3 Å². The van der Waals surface area contributed by atoms with Gasteiger partial charge in [-0.1, -0.05) is 0 Å². The highest BCUT2D eigenvalue weighted by Gasteiger charge is 2.41. The SMILES string of the molecule is CC1(C(=O)O)CCCN(C(=O)c2cc(C(F)(F)F)cc(C(F)(F)F)c2)C1. The van der Waals surface area contributed by atoms with Gasteiger partial charge in [0.05, 0.1) is 16.5 Å². The van der Waals surface area contributed by atoms with Crippen LogP contribution in [0.5, 0.6) is 0 Å². The van der Waals surface area contributed by atoms with Crippen LogP contribution in [0.25, 0.3) is 0 Å². The summed E-state index contributed by atoms with van der Waals surface area (Å²) in [5, 5.41) is 9.23. The summed E-state index contributed by atoms with van der Waals surface area (Å²) in [7, 11) is 0. The van der Waals surface area contributed by atoms with Crippen LogP contribution in [0.2, 0.25) is 0 Å². The van der Waals surface area contributed by atoms with E-state index in [1.54, 1.807) is 0 Å². The van der Waals surface area contributed by atoms with Crippen molar-refractivity contribution in [3.8, 4) is 0 Å². The summed E-state index contributed by atoms with van der Waals surface area (Å²) in [6, 6.07) is 0.642. The van der Waals surface area contributed by atoms with Crippen molar-refractivity contribution in [1.29, 1.82) is 0 Å². The monoisotopic (exact) mass is 383 g/mol. The molecule has 0 spiro atoms. The van der Waals surface area contributed by atoms with Crippen molar-refractivity contribution in [3.63, 3.8) is 0 Å². The molecule has 2 rings (SSSR count). The number of carboxylic acid groups (broad SMARTS) is 1. The number of halogens is 6. The Hall–Kier alpha value is -2.26. The molecule has 1 amide bonds. The van der Waals surface area contributed by atoms with Gasteiger partial charge in [-0.25, -0.2) is 0 Å². The summed E-state index contributed by atoms with van der Waals surface area (Å²) in [6.07, 6.45) is -9.59. The average Bonchev–Trinajstić information content (AvgIpc) is 2.52. The molecule has 1 N–H and O–H groups in total. The van der Waals surface area contributed by atoms with Crippen LogP contribution >= 0.6 is 0 Å². The first kappa shape index (κ1) is 20.1. The van der Waals surface area contributed by atoms with Gasteiger partial charge in [0.1, 0.15) is 0 Å². The van der Waals surface area contributed by atoms with Crippen molar-refractivity contribution in [3.05, 3.63) is 34.9 Å². The molecule has 0 aromatic heterocycles. The number of nitrogens with zero attached hydrogens (tertiary/aromatic N) is 1. The predicted molar refractivity (Wildman–Crippen MR) is 77.3 cm³/mol. The van der Waals surface area contributed by atoms with Crippen molar-refractivity contribution in [2.24, 2.45) is 5.41 Å². The number of aliphatic carboxylic acids is 1. The number of hydrogen-bond acceptors (Lipinski definition) is 2. The molecule has 1 aliphatic rings. The molecule has 1 aliphatic heterocycles. The number of alkyl halides is 6. The summed E-state index contributed by atoms with van der Waals surface area (Å²) in [5.74, 6) is -2.25. The lowest BCUT2D eigenvalue weighted by Gasteiger charge is -2.37. The number of hydrogen-bond donors (Lipinski definition) is 1. The fourth-order valence-corrected chi connectivity index (χ4v) is 2.85. The lowest BCUT2D eigenvalue weighted by atomic mass is 9.82. The molecular weight excluding hydrogens is 368 g/mol. The standard InChI is InChI=1S/C16H15F6NO3/c1-14(13(25)26)3-2-4-23(8-14)12(24)9-5-10(15(17,18)19)7-11(6-9)16(20,21)22/h5-7H,2-4,8H2,1H3,(H,25,26). The van der Waals surface area contributed by atoms with Crippen LogP contribution in [0.4, 0.5) is 26.3 Å². The first-order valence-corrected chi connectivity index (χ1v) is 7.56. The van der Waals surface area contributed by atoms with Crippen molar-refractivity contribution >= 4 is 11.9 Å². The quantitative estimate of drug-likeness (QED) is 0.784. The zero-order valence-electron chi connectivity index (χ0n) is 13.5. The summed E-state index contributed by atoms with van der Waals surface area (Å²) in [6.45, 7) is 1.14. The lowest BCUT2D eigenvalue weighted by Crippen LogP contribution is -2.48. The number of piperidine rings is 1. The Labute approximate surface area is 144 Å². The molecule has 0 aliphatic carbocycles. The molecule has 4 nitrogen and oxygen atoms in total. The summed E-state index contributed by atoms with van der Waals surface area (Å²) >= 11 is 0. The van der Waals surface area contributed by atoms with Gasteiger partial charge in [0.15, 0.2) is 0 Å². The third kappa shape index (κ3) is 4.10. The second-order valence-corrected chi connectivity index (χ2v) is 6.49. The van der Waals surface area contributed by atoms with Gasteiger partial charge in [0.2, 0.25) is 0 Å². The van der Waals surface area contributed by atoms with E-state index in [0.717, 1.165) is 4.90 Å². The van der Waals surface area contributed by atoms with E-state index in [9.17, 15) is 41.0 Å². The van der Waals surface area contributed by atoms with E-state index in [1.807, 2.05) is 0 Å². The zero-order valence-corrected chi connectivity index (χ0v) is 13.5. The minimum absolute atomic E-state index is 0.0549. The van der Waals surface area contributed by atoms with Crippen LogP contribution in [0.3, 0.4) is 0 Å². The maximum absolute atomic E-state index is 12.9. The molecule has 1 unspecified atom stereocenters. The molecule has 1 aromatic carbocycles. The van der Waals surface area contributed by atoms with Gasteiger partial charge in [0.25, 0.3) is 5.91 Å². The van der Waals surface area contributed by atoms with E-state index in [4.69, 9.17) is 0 Å². The van der Waals surface area contributed by atoms with E-state index in [2.05, 4.69) is 0 Å². The fraction of sp³-hybridized carbons (Fsp3) is 0.500. The first-order chi connectivity index (χ1) is 11.7. The van der Waals surface area contributed by atoms with E-state index < -0.39 is 46.3 Å². The lowest BCUT2D eigenvalue weighted by molar-refractivity contribution is -0.150. The van der Waals surface area contributed by atoms with Gasteiger partial charge in [0, 0.05) is 18.7 Å². The molecule has 1 saturated heterocycles. The van der Waals surface area contributed by atoms with Gasteiger partial charge >= 0.3 is 18.3 Å². The Balaban J connectivity index is 2.43. The van der Waals surface area contributed by atoms with Crippen molar-refractivity contribution in [1.82, 2.24) is 4.90 Å².